The number of carbonyl (C=O) groups excluding carboxylic acids is 1. The first-order chi connectivity index (χ1) is 12.1. The molecule has 134 valence electrons. The van der Waals surface area contributed by atoms with Crippen LogP contribution in [0.3, 0.4) is 0 Å². The number of amides is 1. The zero-order chi connectivity index (χ0) is 18.1. The number of nitrogens with two attached hydrogens (primary N) is 1. The number of primary amides is 1. The predicted molar refractivity (Wildman–Crippen MR) is 96.0 cm³/mol. The molecule has 6 heteroatoms. The second-order valence-electron chi connectivity index (χ2n) is 5.67. The van der Waals surface area contributed by atoms with E-state index in [1.807, 2.05) is 31.2 Å². The minimum atomic E-state index is -0.602. The van der Waals surface area contributed by atoms with E-state index in [1.165, 1.54) is 0 Å². The molecular formula is C19H24N2O4. The van der Waals surface area contributed by atoms with Gasteiger partial charge in [-0.2, -0.15) is 0 Å². The lowest BCUT2D eigenvalue weighted by molar-refractivity contribution is 0.1000. The molecule has 6 nitrogen and oxygen atoms in total. The molecule has 2 aromatic carbocycles. The van der Waals surface area contributed by atoms with Crippen molar-refractivity contribution in [3.05, 3.63) is 59.7 Å². The molecule has 2 rings (SSSR count). The predicted octanol–water partition coefficient (Wildman–Crippen LogP) is 1.50. The average molecular weight is 344 g/mol. The van der Waals surface area contributed by atoms with Crippen LogP contribution in [0.1, 0.15) is 15.9 Å². The van der Waals surface area contributed by atoms with Crippen LogP contribution in [0.15, 0.2) is 48.5 Å². The molecule has 2 aromatic rings. The molecule has 0 saturated heterocycles. The summed E-state index contributed by atoms with van der Waals surface area (Å²) in [5.74, 6) is 0.981. The van der Waals surface area contributed by atoms with Crippen LogP contribution in [0, 0.1) is 6.92 Å². The van der Waals surface area contributed by atoms with Gasteiger partial charge >= 0.3 is 0 Å². The Morgan fingerprint density at radius 1 is 1.16 bits per heavy atom. The van der Waals surface area contributed by atoms with E-state index in [9.17, 15) is 9.90 Å². The number of carbonyl (C=O) groups is 1. The number of aryl methyl sites for hydroxylation is 1. The lowest BCUT2D eigenvalue weighted by Gasteiger charge is -2.14. The minimum Gasteiger partial charge on any atom is -0.492 e. The van der Waals surface area contributed by atoms with E-state index in [0.717, 1.165) is 11.3 Å². The van der Waals surface area contributed by atoms with Crippen LogP contribution in [0.5, 0.6) is 11.5 Å². The Kier molecular flexibility index (Phi) is 7.25. The monoisotopic (exact) mass is 344 g/mol. The van der Waals surface area contributed by atoms with Crippen molar-refractivity contribution in [2.24, 2.45) is 5.73 Å². The number of nitrogens with one attached hydrogen (secondary N) is 1. The zero-order valence-electron chi connectivity index (χ0n) is 14.3. The van der Waals surface area contributed by atoms with Gasteiger partial charge in [0.15, 0.2) is 0 Å². The van der Waals surface area contributed by atoms with Gasteiger partial charge in [-0.05, 0) is 42.8 Å². The summed E-state index contributed by atoms with van der Waals surface area (Å²) in [4.78, 5) is 11.0. The van der Waals surface area contributed by atoms with Crippen molar-refractivity contribution in [3.8, 4) is 11.5 Å². The summed E-state index contributed by atoms with van der Waals surface area (Å²) in [5, 5.41) is 13.0. The first kappa shape index (κ1) is 18.8. The molecule has 1 atom stereocenters. The third-order valence-electron chi connectivity index (χ3n) is 3.59. The van der Waals surface area contributed by atoms with Gasteiger partial charge in [0.05, 0.1) is 0 Å². The van der Waals surface area contributed by atoms with Gasteiger partial charge in [-0.15, -0.1) is 0 Å². The zero-order valence-corrected chi connectivity index (χ0v) is 14.3. The lowest BCUT2D eigenvalue weighted by Crippen LogP contribution is -2.33. The highest BCUT2D eigenvalue weighted by atomic mass is 16.5. The highest BCUT2D eigenvalue weighted by Gasteiger charge is 2.06. The van der Waals surface area contributed by atoms with Crippen molar-refractivity contribution in [1.82, 2.24) is 5.32 Å². The number of aliphatic hydroxyl groups is 1. The topological polar surface area (TPSA) is 93.8 Å². The second-order valence-corrected chi connectivity index (χ2v) is 5.67. The average Bonchev–Trinajstić information content (AvgIpc) is 2.61. The molecule has 0 bridgehead atoms. The normalized spacial score (nSPS) is 11.8. The standard InChI is InChI=1S/C19H24N2O4/c1-14-4-2-3-5-18(14)25-13-16(22)12-21-10-11-24-17-8-6-15(7-9-17)19(20)23/h2-9,16,21-22H,10-13H2,1H3,(H2,20,23)/t16-/m0/s1. The van der Waals surface area contributed by atoms with Crippen LogP contribution < -0.4 is 20.5 Å². The summed E-state index contributed by atoms with van der Waals surface area (Å²) >= 11 is 0. The first-order valence-electron chi connectivity index (χ1n) is 8.16. The van der Waals surface area contributed by atoms with Crippen LogP contribution in [0.2, 0.25) is 0 Å². The SMILES string of the molecule is Cc1ccccc1OC[C@@H](O)CNCCOc1ccc(C(N)=O)cc1. The molecule has 1 amide bonds. The van der Waals surface area contributed by atoms with Crippen LogP contribution in [-0.2, 0) is 0 Å². The van der Waals surface area contributed by atoms with E-state index in [-0.39, 0.29) is 6.61 Å². The summed E-state index contributed by atoms with van der Waals surface area (Å²) in [6.07, 6.45) is -0.602. The maximum atomic E-state index is 11.0. The fourth-order valence-corrected chi connectivity index (χ4v) is 2.19. The molecular weight excluding hydrogens is 320 g/mol. The van der Waals surface area contributed by atoms with Gasteiger partial charge < -0.3 is 25.6 Å². The number of benzene rings is 2. The van der Waals surface area contributed by atoms with Gasteiger partial charge in [-0.25, -0.2) is 0 Å². The van der Waals surface area contributed by atoms with Gasteiger partial charge in [0.2, 0.25) is 5.91 Å². The third-order valence-corrected chi connectivity index (χ3v) is 3.59. The number of para-hydroxylation sites is 1. The van der Waals surface area contributed by atoms with Crippen LogP contribution >= 0.6 is 0 Å². The maximum absolute atomic E-state index is 11.0. The Bertz CT molecular complexity index is 673. The molecule has 0 fully saturated rings. The van der Waals surface area contributed by atoms with Gasteiger partial charge in [0.1, 0.15) is 30.8 Å². The fraction of sp³-hybridized carbons (Fsp3) is 0.316. The number of hydrogen-bond donors (Lipinski definition) is 3. The van der Waals surface area contributed by atoms with Crippen molar-refractivity contribution in [2.75, 3.05) is 26.3 Å². The third kappa shape index (κ3) is 6.45. The fourth-order valence-electron chi connectivity index (χ4n) is 2.19. The van der Waals surface area contributed by atoms with Crippen LogP contribution in [0.4, 0.5) is 0 Å². The van der Waals surface area contributed by atoms with E-state index in [2.05, 4.69) is 5.32 Å². The quantitative estimate of drug-likeness (QED) is 0.568. The summed E-state index contributed by atoms with van der Waals surface area (Å²) < 4.78 is 11.1. The number of aliphatic hydroxyl groups excluding tert-OH is 1. The molecule has 0 spiro atoms. The van der Waals surface area contributed by atoms with E-state index in [1.54, 1.807) is 24.3 Å². The highest BCUT2D eigenvalue weighted by molar-refractivity contribution is 5.92. The molecule has 0 aliphatic heterocycles. The molecule has 0 unspecified atom stereocenters. The van der Waals surface area contributed by atoms with Crippen molar-refractivity contribution in [1.29, 1.82) is 0 Å². The second kappa shape index (κ2) is 9.66. The molecule has 25 heavy (non-hydrogen) atoms. The molecule has 4 N–H and O–H groups in total. The lowest BCUT2D eigenvalue weighted by atomic mass is 10.2. The Morgan fingerprint density at radius 3 is 2.56 bits per heavy atom. The molecule has 0 aromatic heterocycles. The van der Waals surface area contributed by atoms with E-state index >= 15 is 0 Å². The van der Waals surface area contributed by atoms with E-state index in [0.29, 0.717) is 31.0 Å². The van der Waals surface area contributed by atoms with Gasteiger partial charge in [0.25, 0.3) is 0 Å². The molecule has 0 aliphatic carbocycles. The van der Waals surface area contributed by atoms with E-state index in [4.69, 9.17) is 15.2 Å². The molecule has 0 radical (unpaired) electrons. The van der Waals surface area contributed by atoms with Gasteiger partial charge in [0, 0.05) is 18.7 Å². The largest absolute Gasteiger partial charge is 0.492 e. The van der Waals surface area contributed by atoms with E-state index < -0.39 is 12.0 Å². The van der Waals surface area contributed by atoms with Crippen molar-refractivity contribution in [3.63, 3.8) is 0 Å². The van der Waals surface area contributed by atoms with Gasteiger partial charge in [-0.1, -0.05) is 18.2 Å². The minimum absolute atomic E-state index is 0.229. The van der Waals surface area contributed by atoms with Gasteiger partial charge in [-0.3, -0.25) is 4.79 Å². The summed E-state index contributed by atoms with van der Waals surface area (Å²) in [7, 11) is 0. The molecule has 0 aliphatic rings. The maximum Gasteiger partial charge on any atom is 0.248 e. The Hall–Kier alpha value is -2.57. The first-order valence-corrected chi connectivity index (χ1v) is 8.16. The molecule has 0 saturated carbocycles. The van der Waals surface area contributed by atoms with Crippen molar-refractivity contribution in [2.45, 2.75) is 13.0 Å². The smallest absolute Gasteiger partial charge is 0.248 e. The summed E-state index contributed by atoms with van der Waals surface area (Å²) in [5.41, 5.74) is 6.66. The van der Waals surface area contributed by atoms with Crippen LogP contribution in [-0.4, -0.2) is 43.4 Å². The Morgan fingerprint density at radius 2 is 1.88 bits per heavy atom. The Balaban J connectivity index is 1.59. The number of ether oxygens (including phenoxy) is 2. The van der Waals surface area contributed by atoms with Crippen molar-refractivity contribution < 1.29 is 19.4 Å². The van der Waals surface area contributed by atoms with Crippen LogP contribution in [0.25, 0.3) is 0 Å². The summed E-state index contributed by atoms with van der Waals surface area (Å²) in [6, 6.07) is 14.3. The number of rotatable bonds is 10. The van der Waals surface area contributed by atoms with Crippen molar-refractivity contribution >= 4 is 5.91 Å². The summed E-state index contributed by atoms with van der Waals surface area (Å²) in [6.45, 7) is 3.64. The number of hydrogen-bond acceptors (Lipinski definition) is 5. The Labute approximate surface area is 147 Å². The molecule has 0 heterocycles. The highest BCUT2D eigenvalue weighted by Crippen LogP contribution is 2.16.